The van der Waals surface area contributed by atoms with Gasteiger partial charge in [-0.25, -0.2) is 9.97 Å². The molecule has 0 fully saturated rings. The summed E-state index contributed by atoms with van der Waals surface area (Å²) in [6.45, 7) is 20.5. The first-order valence-electron chi connectivity index (χ1n) is 22.8. The highest BCUT2D eigenvalue weighted by Crippen LogP contribution is 2.50. The summed E-state index contributed by atoms with van der Waals surface area (Å²) in [6.07, 6.45) is 1.90. The van der Waals surface area contributed by atoms with Crippen LogP contribution < -0.4 is 26.2 Å². The van der Waals surface area contributed by atoms with Crippen LogP contribution >= 0.6 is 11.3 Å². The van der Waals surface area contributed by atoms with E-state index in [4.69, 9.17) is 9.97 Å². The van der Waals surface area contributed by atoms with Gasteiger partial charge in [0, 0.05) is 45.3 Å². The molecule has 65 heavy (non-hydrogen) atoms. The van der Waals surface area contributed by atoms with Crippen molar-refractivity contribution in [3.63, 3.8) is 0 Å². The third-order valence-electron chi connectivity index (χ3n) is 13.9. The maximum Gasteiger partial charge on any atom is 0.252 e. The van der Waals surface area contributed by atoms with Gasteiger partial charge < -0.3 is 9.80 Å². The second-order valence-corrected chi connectivity index (χ2v) is 20.5. The highest BCUT2D eigenvalue weighted by molar-refractivity contribution is 7.21. The van der Waals surface area contributed by atoms with Crippen LogP contribution in [0.5, 0.6) is 0 Å². The van der Waals surface area contributed by atoms with Crippen molar-refractivity contribution in [1.82, 2.24) is 14.5 Å². The molecule has 0 spiro atoms. The zero-order valence-corrected chi connectivity index (χ0v) is 39.3. The molecule has 0 amide bonds. The fraction of sp³-hybridized carbons (Fsp3) is 0.172. The molecule has 5 heterocycles. The zero-order chi connectivity index (χ0) is 44.6. The van der Waals surface area contributed by atoms with Crippen molar-refractivity contribution in [3.05, 3.63) is 179 Å². The summed E-state index contributed by atoms with van der Waals surface area (Å²) in [5, 5.41) is 3.45. The average Bonchev–Trinajstić information content (AvgIpc) is 3.85. The van der Waals surface area contributed by atoms with Crippen LogP contribution in [-0.2, 0) is 5.41 Å². The van der Waals surface area contributed by atoms with Crippen LogP contribution in [0.25, 0.3) is 48.4 Å². The van der Waals surface area contributed by atoms with E-state index in [0.29, 0.717) is 0 Å². The quantitative estimate of drug-likeness (QED) is 0.165. The second-order valence-electron chi connectivity index (χ2n) is 19.5. The topological polar surface area (TPSA) is 37.2 Å². The summed E-state index contributed by atoms with van der Waals surface area (Å²) in [4.78, 5) is 15.4. The van der Waals surface area contributed by atoms with E-state index in [1.165, 1.54) is 105 Å². The van der Waals surface area contributed by atoms with Gasteiger partial charge in [-0.1, -0.05) is 98.6 Å². The Labute approximate surface area is 385 Å². The zero-order valence-electron chi connectivity index (χ0n) is 38.5. The summed E-state index contributed by atoms with van der Waals surface area (Å²) in [5.74, 6) is 0.908. The number of hydrogen-bond acceptors (Lipinski definition) is 5. The van der Waals surface area contributed by atoms with Crippen LogP contribution in [-0.4, -0.2) is 21.2 Å². The molecule has 3 aromatic heterocycles. The molecule has 0 bridgehead atoms. The maximum atomic E-state index is 5.23. The first-order chi connectivity index (χ1) is 31.3. The van der Waals surface area contributed by atoms with Gasteiger partial charge in [0.2, 0.25) is 0 Å². The number of benzene rings is 7. The van der Waals surface area contributed by atoms with Crippen LogP contribution in [0.4, 0.5) is 34.1 Å². The summed E-state index contributed by atoms with van der Waals surface area (Å²) in [6, 6.07) is 50.1. The van der Waals surface area contributed by atoms with E-state index in [-0.39, 0.29) is 12.1 Å². The second kappa shape index (κ2) is 14.3. The van der Waals surface area contributed by atoms with Crippen LogP contribution in [0.1, 0.15) is 59.7 Å². The average molecular weight is 860 g/mol. The summed E-state index contributed by atoms with van der Waals surface area (Å²) >= 11 is 1.77. The van der Waals surface area contributed by atoms with E-state index >= 15 is 0 Å². The van der Waals surface area contributed by atoms with Crippen LogP contribution in [0.15, 0.2) is 140 Å². The number of anilines is 6. The Morgan fingerprint density at radius 1 is 0.538 bits per heavy atom. The Balaban J connectivity index is 1.27. The first-order valence-corrected chi connectivity index (χ1v) is 23.6. The number of pyridine rings is 1. The van der Waals surface area contributed by atoms with Crippen molar-refractivity contribution in [2.24, 2.45) is 0 Å². The molecule has 7 aromatic carbocycles. The van der Waals surface area contributed by atoms with E-state index in [0.717, 1.165) is 32.9 Å². The smallest absolute Gasteiger partial charge is 0.252 e. The van der Waals surface area contributed by atoms with Gasteiger partial charge in [-0.3, -0.25) is 4.57 Å². The van der Waals surface area contributed by atoms with Crippen molar-refractivity contribution < 1.29 is 0 Å². The van der Waals surface area contributed by atoms with Crippen molar-refractivity contribution in [2.75, 3.05) is 9.80 Å². The third-order valence-corrected chi connectivity index (χ3v) is 14.9. The molecule has 2 aliphatic heterocycles. The number of aromatic nitrogens is 3. The molecule has 0 saturated heterocycles. The minimum atomic E-state index is -0.135. The highest BCUT2D eigenvalue weighted by atomic mass is 32.1. The molecule has 7 heteroatoms. The predicted molar refractivity (Wildman–Crippen MR) is 278 cm³/mol. The fourth-order valence-electron chi connectivity index (χ4n) is 11.3. The molecule has 2 aliphatic rings. The lowest BCUT2D eigenvalue weighted by Crippen LogP contribution is -2.61. The largest absolute Gasteiger partial charge is 0.311 e. The van der Waals surface area contributed by atoms with Crippen molar-refractivity contribution >= 4 is 101 Å². The molecular weight excluding hydrogens is 810 g/mol. The molecule has 0 radical (unpaired) electrons. The summed E-state index contributed by atoms with van der Waals surface area (Å²) in [5.41, 5.74) is 24.4. The number of para-hydroxylation sites is 2. The highest BCUT2D eigenvalue weighted by Gasteiger charge is 2.45. The standard InChI is InChI=1S/C58H50BN5S/c1-33-24-35(3)55(36(4)25-33)63-47-22-21-39(57-61-45-17-11-13-19-52(45)65-57)28-43(47)59-44-32-48-42(41-16-10-12-18-46(41)62(48)53-20-14-15-23-60-53)31-49(44)64(56-37(5)26-34(2)27-38(56)6)51-30-40(58(7,8)9)29-50(63)54(51)59/h10-32H,1-9H3. The minimum Gasteiger partial charge on any atom is -0.311 e. The Hall–Kier alpha value is -6.96. The van der Waals surface area contributed by atoms with Crippen molar-refractivity contribution in [1.29, 1.82) is 0 Å². The van der Waals surface area contributed by atoms with Crippen LogP contribution in [0, 0.1) is 41.5 Å². The number of thiazole rings is 1. The van der Waals surface area contributed by atoms with Crippen molar-refractivity contribution in [2.45, 2.75) is 67.7 Å². The lowest BCUT2D eigenvalue weighted by Gasteiger charge is -2.46. The van der Waals surface area contributed by atoms with Gasteiger partial charge in [0.1, 0.15) is 10.8 Å². The Morgan fingerprint density at radius 3 is 1.80 bits per heavy atom. The number of nitrogens with zero attached hydrogens (tertiary/aromatic N) is 5. The maximum absolute atomic E-state index is 5.23. The fourth-order valence-corrected chi connectivity index (χ4v) is 12.2. The monoisotopic (exact) mass is 859 g/mol. The molecule has 0 unspecified atom stereocenters. The molecule has 5 nitrogen and oxygen atoms in total. The third kappa shape index (κ3) is 5.98. The van der Waals surface area contributed by atoms with E-state index in [1.54, 1.807) is 11.3 Å². The van der Waals surface area contributed by atoms with Crippen molar-refractivity contribution in [3.8, 4) is 16.4 Å². The molecular formula is C58H50BN5S. The lowest BCUT2D eigenvalue weighted by atomic mass is 9.33. The van der Waals surface area contributed by atoms with E-state index in [9.17, 15) is 0 Å². The molecule has 0 saturated carbocycles. The number of rotatable bonds is 4. The Bertz CT molecular complexity index is 3550. The summed E-state index contributed by atoms with van der Waals surface area (Å²) < 4.78 is 3.56. The van der Waals surface area contributed by atoms with Gasteiger partial charge in [-0.05, 0) is 158 Å². The van der Waals surface area contributed by atoms with Crippen LogP contribution in [0.3, 0.4) is 0 Å². The Morgan fingerprint density at radius 2 is 1.15 bits per heavy atom. The normalized spacial score (nSPS) is 13.2. The summed E-state index contributed by atoms with van der Waals surface area (Å²) in [7, 11) is 0. The predicted octanol–water partition coefficient (Wildman–Crippen LogP) is 13.7. The van der Waals surface area contributed by atoms with Gasteiger partial charge in [-0.2, -0.15) is 0 Å². The van der Waals surface area contributed by atoms with E-state index in [2.05, 4.69) is 204 Å². The number of hydrogen-bond donors (Lipinski definition) is 0. The molecule has 0 aliphatic carbocycles. The van der Waals surface area contributed by atoms with Crippen LogP contribution in [0.2, 0.25) is 0 Å². The van der Waals surface area contributed by atoms with Gasteiger partial charge in [0.15, 0.2) is 0 Å². The lowest BCUT2D eigenvalue weighted by molar-refractivity contribution is 0.590. The SMILES string of the molecule is Cc1cc(C)c(N2c3ccc(-c4nc5ccccc5s4)cc3B3c4cc5c(cc4N(c4c(C)cc(C)cc4C)c4cc(C(C)(C)C)cc2c43)c2ccccc2n5-c2ccccn2)c(C)c1. The minimum absolute atomic E-state index is 0.0995. The first kappa shape index (κ1) is 39.6. The number of aryl methyl sites for hydroxylation is 6. The van der Waals surface area contributed by atoms with Gasteiger partial charge in [0.05, 0.1) is 32.6 Å². The van der Waals surface area contributed by atoms with Gasteiger partial charge in [0.25, 0.3) is 6.71 Å². The molecule has 10 aromatic rings. The van der Waals surface area contributed by atoms with Gasteiger partial charge >= 0.3 is 0 Å². The van der Waals surface area contributed by atoms with E-state index in [1.807, 2.05) is 12.3 Å². The van der Waals surface area contributed by atoms with Gasteiger partial charge in [-0.15, -0.1) is 11.3 Å². The Kier molecular flexibility index (Phi) is 8.70. The van der Waals surface area contributed by atoms with E-state index < -0.39 is 0 Å². The number of fused-ring (bicyclic) bond motifs is 8. The molecule has 0 N–H and O–H groups in total. The molecule has 0 atom stereocenters. The molecule has 12 rings (SSSR count). The molecule has 316 valence electrons.